The van der Waals surface area contributed by atoms with Gasteiger partial charge < -0.3 is 5.32 Å². The van der Waals surface area contributed by atoms with Crippen LogP contribution in [0.2, 0.25) is 0 Å². The smallest absolute Gasteiger partial charge is 0.0220 e. The third-order valence-corrected chi connectivity index (χ3v) is 4.83. The predicted molar refractivity (Wildman–Crippen MR) is 85.7 cm³/mol. The fraction of sp³-hybridized carbons (Fsp3) is 1.00. The Hall–Kier alpha value is -0.0800. The standard InChI is InChI=1S/C17H36N2/c1-5-9-16-10-8-13-19(14-11-16)15(4)17(7-3)18-12-6-2/h15-18H,5-14H2,1-4H3. The molecule has 3 atom stereocenters. The van der Waals surface area contributed by atoms with Crippen molar-refractivity contribution >= 4 is 0 Å². The van der Waals surface area contributed by atoms with E-state index in [1.165, 1.54) is 58.0 Å². The minimum Gasteiger partial charge on any atom is -0.312 e. The van der Waals surface area contributed by atoms with Crippen LogP contribution in [-0.2, 0) is 0 Å². The summed E-state index contributed by atoms with van der Waals surface area (Å²) in [6, 6.07) is 1.36. The topological polar surface area (TPSA) is 15.3 Å². The van der Waals surface area contributed by atoms with Crippen molar-refractivity contribution in [1.82, 2.24) is 10.2 Å². The third-order valence-electron chi connectivity index (χ3n) is 4.83. The highest BCUT2D eigenvalue weighted by Gasteiger charge is 2.24. The molecule has 1 aliphatic heterocycles. The zero-order valence-corrected chi connectivity index (χ0v) is 13.8. The number of nitrogens with zero attached hydrogens (tertiary/aromatic N) is 1. The molecular formula is C17H36N2. The van der Waals surface area contributed by atoms with Crippen LogP contribution >= 0.6 is 0 Å². The van der Waals surface area contributed by atoms with Gasteiger partial charge in [0, 0.05) is 12.1 Å². The van der Waals surface area contributed by atoms with Gasteiger partial charge in [-0.25, -0.2) is 0 Å². The Balaban J connectivity index is 2.44. The van der Waals surface area contributed by atoms with Crippen molar-refractivity contribution in [1.29, 1.82) is 0 Å². The van der Waals surface area contributed by atoms with E-state index in [0.29, 0.717) is 12.1 Å². The van der Waals surface area contributed by atoms with E-state index in [2.05, 4.69) is 37.9 Å². The molecule has 0 amide bonds. The summed E-state index contributed by atoms with van der Waals surface area (Å²) >= 11 is 0. The molecule has 0 saturated carbocycles. The Morgan fingerprint density at radius 1 is 1.11 bits per heavy atom. The van der Waals surface area contributed by atoms with Gasteiger partial charge >= 0.3 is 0 Å². The van der Waals surface area contributed by atoms with Gasteiger partial charge in [0.2, 0.25) is 0 Å². The highest BCUT2D eigenvalue weighted by molar-refractivity contribution is 4.82. The summed E-state index contributed by atoms with van der Waals surface area (Å²) < 4.78 is 0. The lowest BCUT2D eigenvalue weighted by Gasteiger charge is -2.34. The van der Waals surface area contributed by atoms with Crippen LogP contribution in [0.4, 0.5) is 0 Å². The van der Waals surface area contributed by atoms with Crippen LogP contribution < -0.4 is 5.32 Å². The molecule has 19 heavy (non-hydrogen) atoms. The van der Waals surface area contributed by atoms with Crippen LogP contribution in [0.3, 0.4) is 0 Å². The first-order chi connectivity index (χ1) is 9.22. The third kappa shape index (κ3) is 5.83. The average Bonchev–Trinajstić information content (AvgIpc) is 2.65. The van der Waals surface area contributed by atoms with Crippen molar-refractivity contribution in [3.63, 3.8) is 0 Å². The largest absolute Gasteiger partial charge is 0.312 e. The second kappa shape index (κ2) is 9.77. The fourth-order valence-electron chi connectivity index (χ4n) is 3.53. The van der Waals surface area contributed by atoms with Gasteiger partial charge in [0.15, 0.2) is 0 Å². The number of hydrogen-bond acceptors (Lipinski definition) is 2. The SMILES string of the molecule is CCCNC(CC)C(C)N1CCCC(CCC)CC1. The Labute approximate surface area is 121 Å². The predicted octanol–water partition coefficient (Wildman–Crippen LogP) is 4.06. The van der Waals surface area contributed by atoms with E-state index in [9.17, 15) is 0 Å². The minimum absolute atomic E-state index is 0.669. The summed E-state index contributed by atoms with van der Waals surface area (Å²) in [5.41, 5.74) is 0. The monoisotopic (exact) mass is 268 g/mol. The molecule has 0 aliphatic carbocycles. The molecule has 0 radical (unpaired) electrons. The van der Waals surface area contributed by atoms with Gasteiger partial charge in [0.25, 0.3) is 0 Å². The summed E-state index contributed by atoms with van der Waals surface area (Å²) in [6.45, 7) is 13.1. The minimum atomic E-state index is 0.669. The molecule has 114 valence electrons. The molecule has 2 heteroatoms. The van der Waals surface area contributed by atoms with E-state index in [1.54, 1.807) is 0 Å². The normalized spacial score (nSPS) is 24.9. The first-order valence-electron chi connectivity index (χ1n) is 8.70. The van der Waals surface area contributed by atoms with Gasteiger partial charge in [-0.3, -0.25) is 4.90 Å². The quantitative estimate of drug-likeness (QED) is 0.714. The van der Waals surface area contributed by atoms with Crippen molar-refractivity contribution in [3.05, 3.63) is 0 Å². The van der Waals surface area contributed by atoms with Crippen molar-refractivity contribution in [2.75, 3.05) is 19.6 Å². The first kappa shape index (κ1) is 17.0. The van der Waals surface area contributed by atoms with Crippen LogP contribution in [-0.4, -0.2) is 36.6 Å². The Morgan fingerprint density at radius 2 is 1.89 bits per heavy atom. The summed E-state index contributed by atoms with van der Waals surface area (Å²) in [5, 5.41) is 3.73. The molecule has 0 aromatic carbocycles. The highest BCUT2D eigenvalue weighted by atomic mass is 15.2. The number of hydrogen-bond donors (Lipinski definition) is 1. The summed E-state index contributed by atoms with van der Waals surface area (Å²) in [7, 11) is 0. The molecule has 1 heterocycles. The second-order valence-corrected chi connectivity index (χ2v) is 6.33. The lowest BCUT2D eigenvalue weighted by Crippen LogP contribution is -2.48. The molecule has 0 bridgehead atoms. The summed E-state index contributed by atoms with van der Waals surface area (Å²) in [5.74, 6) is 0.992. The van der Waals surface area contributed by atoms with Crippen molar-refractivity contribution in [3.8, 4) is 0 Å². The van der Waals surface area contributed by atoms with Crippen LogP contribution in [0.15, 0.2) is 0 Å². The van der Waals surface area contributed by atoms with Crippen molar-refractivity contribution in [2.45, 2.75) is 84.7 Å². The van der Waals surface area contributed by atoms with E-state index < -0.39 is 0 Å². The molecule has 0 spiro atoms. The van der Waals surface area contributed by atoms with Gasteiger partial charge in [-0.15, -0.1) is 0 Å². The van der Waals surface area contributed by atoms with Crippen LogP contribution in [0.25, 0.3) is 0 Å². The van der Waals surface area contributed by atoms with Crippen molar-refractivity contribution < 1.29 is 0 Å². The molecule has 3 unspecified atom stereocenters. The Bertz CT molecular complexity index is 217. The van der Waals surface area contributed by atoms with Crippen molar-refractivity contribution in [2.24, 2.45) is 5.92 Å². The average molecular weight is 268 g/mol. The van der Waals surface area contributed by atoms with E-state index in [0.717, 1.165) is 12.5 Å². The zero-order valence-electron chi connectivity index (χ0n) is 13.8. The van der Waals surface area contributed by atoms with Gasteiger partial charge in [-0.2, -0.15) is 0 Å². The maximum Gasteiger partial charge on any atom is 0.0220 e. The Kier molecular flexibility index (Phi) is 8.72. The molecule has 1 saturated heterocycles. The lowest BCUT2D eigenvalue weighted by molar-refractivity contribution is 0.169. The van der Waals surface area contributed by atoms with Crippen LogP contribution in [0.5, 0.6) is 0 Å². The molecule has 1 N–H and O–H groups in total. The number of rotatable bonds is 8. The Morgan fingerprint density at radius 3 is 2.53 bits per heavy atom. The zero-order chi connectivity index (χ0) is 14.1. The summed E-state index contributed by atoms with van der Waals surface area (Å²) in [4.78, 5) is 2.74. The van der Waals surface area contributed by atoms with Crippen LogP contribution in [0, 0.1) is 5.92 Å². The maximum absolute atomic E-state index is 3.73. The van der Waals surface area contributed by atoms with Gasteiger partial charge in [-0.05, 0) is 64.6 Å². The van der Waals surface area contributed by atoms with E-state index in [-0.39, 0.29) is 0 Å². The highest BCUT2D eigenvalue weighted by Crippen LogP contribution is 2.23. The van der Waals surface area contributed by atoms with E-state index in [1.807, 2.05) is 0 Å². The molecule has 1 rings (SSSR count). The van der Waals surface area contributed by atoms with E-state index >= 15 is 0 Å². The van der Waals surface area contributed by atoms with E-state index in [4.69, 9.17) is 0 Å². The van der Waals surface area contributed by atoms with Gasteiger partial charge in [0.1, 0.15) is 0 Å². The van der Waals surface area contributed by atoms with Gasteiger partial charge in [0.05, 0.1) is 0 Å². The molecular weight excluding hydrogens is 232 g/mol. The molecule has 0 aromatic rings. The molecule has 2 nitrogen and oxygen atoms in total. The molecule has 1 aliphatic rings. The van der Waals surface area contributed by atoms with Crippen LogP contribution in [0.1, 0.15) is 72.6 Å². The fourth-order valence-corrected chi connectivity index (χ4v) is 3.53. The summed E-state index contributed by atoms with van der Waals surface area (Å²) in [6.07, 6.45) is 9.55. The molecule has 0 aromatic heterocycles. The number of nitrogens with one attached hydrogen (secondary N) is 1. The lowest BCUT2D eigenvalue weighted by atomic mass is 9.96. The molecule has 1 fully saturated rings. The first-order valence-corrected chi connectivity index (χ1v) is 8.70. The second-order valence-electron chi connectivity index (χ2n) is 6.33. The maximum atomic E-state index is 3.73. The number of likely N-dealkylation sites (tertiary alicyclic amines) is 1. The van der Waals surface area contributed by atoms with Gasteiger partial charge in [-0.1, -0.05) is 33.6 Å².